The number of amides is 2. The van der Waals surface area contributed by atoms with Gasteiger partial charge in [0.25, 0.3) is 0 Å². The lowest BCUT2D eigenvalue weighted by atomic mass is 9.83. The van der Waals surface area contributed by atoms with Crippen LogP contribution in [0.2, 0.25) is 0 Å². The van der Waals surface area contributed by atoms with Crippen LogP contribution in [0.5, 0.6) is 17.2 Å². The Labute approximate surface area is 212 Å². The first-order chi connectivity index (χ1) is 17.5. The van der Waals surface area contributed by atoms with E-state index in [-0.39, 0.29) is 18.2 Å². The molecule has 4 rings (SSSR count). The summed E-state index contributed by atoms with van der Waals surface area (Å²) >= 11 is 0. The van der Waals surface area contributed by atoms with Crippen molar-refractivity contribution >= 4 is 23.2 Å². The highest BCUT2D eigenvalue weighted by Gasteiger charge is 2.41. The molecule has 1 saturated heterocycles. The first-order valence-electron chi connectivity index (χ1n) is 12.1. The highest BCUT2D eigenvalue weighted by Crippen LogP contribution is 2.43. The lowest BCUT2D eigenvalue weighted by Gasteiger charge is -2.41. The molecule has 1 N–H and O–H groups in total. The van der Waals surface area contributed by atoms with E-state index in [2.05, 4.69) is 12.2 Å². The molecule has 0 radical (unpaired) electrons. The van der Waals surface area contributed by atoms with E-state index in [1.807, 2.05) is 60.7 Å². The van der Waals surface area contributed by atoms with E-state index in [0.29, 0.717) is 29.4 Å². The van der Waals surface area contributed by atoms with E-state index in [4.69, 9.17) is 14.2 Å². The zero-order valence-electron chi connectivity index (χ0n) is 21.1. The molecule has 1 aliphatic heterocycles. The van der Waals surface area contributed by atoms with Crippen LogP contribution in [-0.2, 0) is 16.0 Å². The van der Waals surface area contributed by atoms with Gasteiger partial charge in [-0.3, -0.25) is 9.59 Å². The maximum Gasteiger partial charge on any atom is 0.229 e. The lowest BCUT2D eigenvalue weighted by Crippen LogP contribution is -2.47. The van der Waals surface area contributed by atoms with Gasteiger partial charge in [-0.2, -0.15) is 0 Å². The van der Waals surface area contributed by atoms with Crippen molar-refractivity contribution in [2.24, 2.45) is 5.92 Å². The number of nitrogens with zero attached hydrogens (tertiary/aromatic N) is 1. The molecule has 1 heterocycles. The lowest BCUT2D eigenvalue weighted by molar-refractivity contribution is -0.125. The Balaban J connectivity index is 1.75. The molecule has 2 atom stereocenters. The molecule has 7 heteroatoms. The summed E-state index contributed by atoms with van der Waals surface area (Å²) < 4.78 is 16.2. The molecule has 0 saturated carbocycles. The third kappa shape index (κ3) is 5.15. The summed E-state index contributed by atoms with van der Waals surface area (Å²) in [6, 6.07) is 20.2. The smallest absolute Gasteiger partial charge is 0.229 e. The summed E-state index contributed by atoms with van der Waals surface area (Å²) in [5.74, 6) is 1.15. The number of hydrogen-bond acceptors (Lipinski definition) is 5. The number of carbonyl (C=O) groups excluding carboxylic acids is 2. The molecule has 0 bridgehead atoms. The topological polar surface area (TPSA) is 77.1 Å². The van der Waals surface area contributed by atoms with Gasteiger partial charge in [0, 0.05) is 17.8 Å². The average molecular weight is 489 g/mol. The zero-order chi connectivity index (χ0) is 25.7. The van der Waals surface area contributed by atoms with Crippen LogP contribution in [0.25, 0.3) is 0 Å². The van der Waals surface area contributed by atoms with Crippen LogP contribution in [-0.4, -0.2) is 33.1 Å². The largest absolute Gasteiger partial charge is 0.497 e. The Morgan fingerprint density at radius 2 is 1.61 bits per heavy atom. The van der Waals surface area contributed by atoms with Crippen molar-refractivity contribution in [3.8, 4) is 17.2 Å². The minimum Gasteiger partial charge on any atom is -0.497 e. The molecule has 0 aromatic heterocycles. The normalized spacial score (nSPS) is 17.4. The summed E-state index contributed by atoms with van der Waals surface area (Å²) in [6.45, 7) is 2.09. The van der Waals surface area contributed by atoms with E-state index in [1.165, 1.54) is 5.56 Å². The average Bonchev–Trinajstić information content (AvgIpc) is 2.92. The van der Waals surface area contributed by atoms with E-state index in [1.54, 1.807) is 32.3 Å². The monoisotopic (exact) mass is 488 g/mol. The molecule has 0 aliphatic carbocycles. The highest BCUT2D eigenvalue weighted by molar-refractivity contribution is 6.00. The van der Waals surface area contributed by atoms with Gasteiger partial charge in [-0.05, 0) is 72.5 Å². The Kier molecular flexibility index (Phi) is 7.78. The number of benzene rings is 3. The number of piperidine rings is 1. The molecule has 7 nitrogen and oxygen atoms in total. The predicted molar refractivity (Wildman–Crippen MR) is 140 cm³/mol. The summed E-state index contributed by atoms with van der Waals surface area (Å²) in [7, 11) is 4.74. The van der Waals surface area contributed by atoms with Gasteiger partial charge >= 0.3 is 0 Å². The fourth-order valence-electron chi connectivity index (χ4n) is 4.69. The molecular weight excluding hydrogens is 456 g/mol. The Morgan fingerprint density at radius 3 is 2.22 bits per heavy atom. The molecular formula is C29H32N2O5. The Morgan fingerprint density at radius 1 is 0.917 bits per heavy atom. The van der Waals surface area contributed by atoms with Crippen molar-refractivity contribution in [2.75, 3.05) is 31.5 Å². The van der Waals surface area contributed by atoms with Gasteiger partial charge in [0.1, 0.15) is 5.75 Å². The first-order valence-corrected chi connectivity index (χ1v) is 12.1. The minimum absolute atomic E-state index is 0.0451. The van der Waals surface area contributed by atoms with Crippen LogP contribution in [0.1, 0.15) is 36.9 Å². The molecule has 3 aromatic carbocycles. The van der Waals surface area contributed by atoms with Gasteiger partial charge in [-0.25, -0.2) is 0 Å². The van der Waals surface area contributed by atoms with Crippen molar-refractivity contribution < 1.29 is 23.8 Å². The van der Waals surface area contributed by atoms with Crippen LogP contribution in [0.15, 0.2) is 66.7 Å². The number of carbonyl (C=O) groups is 2. The number of anilines is 2. The van der Waals surface area contributed by atoms with E-state index >= 15 is 0 Å². The number of rotatable bonds is 8. The Bertz CT molecular complexity index is 1210. The van der Waals surface area contributed by atoms with E-state index < -0.39 is 12.0 Å². The van der Waals surface area contributed by atoms with Crippen molar-refractivity contribution in [3.05, 3.63) is 77.9 Å². The van der Waals surface area contributed by atoms with Gasteiger partial charge in [0.15, 0.2) is 11.5 Å². The van der Waals surface area contributed by atoms with Crippen LogP contribution >= 0.6 is 0 Å². The van der Waals surface area contributed by atoms with Gasteiger partial charge in [-0.1, -0.05) is 25.1 Å². The zero-order valence-corrected chi connectivity index (χ0v) is 21.1. The molecule has 2 unspecified atom stereocenters. The van der Waals surface area contributed by atoms with Crippen molar-refractivity contribution in [3.63, 3.8) is 0 Å². The van der Waals surface area contributed by atoms with Crippen molar-refractivity contribution in [1.29, 1.82) is 0 Å². The number of methoxy groups -OCH3 is 3. The number of nitrogens with one attached hydrogen (secondary N) is 1. The molecule has 2 amide bonds. The van der Waals surface area contributed by atoms with Gasteiger partial charge in [0.05, 0.1) is 33.3 Å². The van der Waals surface area contributed by atoms with Crippen LogP contribution in [0.4, 0.5) is 11.4 Å². The van der Waals surface area contributed by atoms with Crippen LogP contribution < -0.4 is 24.4 Å². The van der Waals surface area contributed by atoms with Gasteiger partial charge < -0.3 is 24.4 Å². The SMILES string of the molecule is CCc1ccc(NC(=O)C2CCC(=O)N(c3ccc(OC)cc3)C2c2ccc(OC)c(OC)c2)cc1. The summed E-state index contributed by atoms with van der Waals surface area (Å²) in [4.78, 5) is 28.7. The third-order valence-electron chi connectivity index (χ3n) is 6.66. The maximum absolute atomic E-state index is 13.6. The third-order valence-corrected chi connectivity index (χ3v) is 6.66. The quantitative estimate of drug-likeness (QED) is 0.460. The molecule has 188 valence electrons. The maximum atomic E-state index is 13.6. The number of ether oxygens (including phenoxy) is 3. The molecule has 0 spiro atoms. The highest BCUT2D eigenvalue weighted by atomic mass is 16.5. The van der Waals surface area contributed by atoms with E-state index in [0.717, 1.165) is 17.7 Å². The Hall–Kier alpha value is -4.00. The number of aryl methyl sites for hydroxylation is 1. The molecule has 1 fully saturated rings. The second-order valence-corrected chi connectivity index (χ2v) is 8.71. The first kappa shape index (κ1) is 25.1. The van der Waals surface area contributed by atoms with Crippen LogP contribution in [0.3, 0.4) is 0 Å². The van der Waals surface area contributed by atoms with Crippen LogP contribution in [0, 0.1) is 5.92 Å². The minimum atomic E-state index is -0.533. The summed E-state index contributed by atoms with van der Waals surface area (Å²) in [6.07, 6.45) is 1.63. The summed E-state index contributed by atoms with van der Waals surface area (Å²) in [5, 5.41) is 3.07. The van der Waals surface area contributed by atoms with Gasteiger partial charge in [-0.15, -0.1) is 0 Å². The molecule has 3 aromatic rings. The van der Waals surface area contributed by atoms with Crippen molar-refractivity contribution in [1.82, 2.24) is 0 Å². The fraction of sp³-hybridized carbons (Fsp3) is 0.310. The van der Waals surface area contributed by atoms with Crippen molar-refractivity contribution in [2.45, 2.75) is 32.2 Å². The fourth-order valence-corrected chi connectivity index (χ4v) is 4.69. The predicted octanol–water partition coefficient (Wildman–Crippen LogP) is 5.40. The second kappa shape index (κ2) is 11.2. The van der Waals surface area contributed by atoms with Gasteiger partial charge in [0.2, 0.25) is 11.8 Å². The van der Waals surface area contributed by atoms with E-state index in [9.17, 15) is 9.59 Å². The molecule has 36 heavy (non-hydrogen) atoms. The second-order valence-electron chi connectivity index (χ2n) is 8.71. The molecule has 1 aliphatic rings. The summed E-state index contributed by atoms with van der Waals surface area (Å²) in [5.41, 5.74) is 3.42. The number of hydrogen-bond donors (Lipinski definition) is 1. The standard InChI is InChI=1S/C29H32N2O5/c1-5-19-6-9-21(10-7-19)30-29(33)24-15-17-27(32)31(22-11-13-23(34-2)14-12-22)28(24)20-8-16-25(35-3)26(18-20)36-4/h6-14,16,18,24,28H,5,15,17H2,1-4H3,(H,30,33).